The van der Waals surface area contributed by atoms with Gasteiger partial charge in [0.1, 0.15) is 0 Å². The molecule has 1 atom stereocenters. The Morgan fingerprint density at radius 3 is 2.61 bits per heavy atom. The van der Waals surface area contributed by atoms with Crippen molar-refractivity contribution in [2.45, 2.75) is 38.6 Å². The van der Waals surface area contributed by atoms with Gasteiger partial charge in [0.25, 0.3) is 0 Å². The average molecular weight is 250 g/mol. The van der Waals surface area contributed by atoms with E-state index in [1.54, 1.807) is 0 Å². The second-order valence-electron chi connectivity index (χ2n) is 5.41. The summed E-state index contributed by atoms with van der Waals surface area (Å²) in [4.78, 5) is 9.47. The van der Waals surface area contributed by atoms with Crippen molar-refractivity contribution in [1.82, 2.24) is 19.9 Å². The molecule has 100 valence electrons. The third-order valence-electron chi connectivity index (χ3n) is 4.16. The molecule has 1 aromatic heterocycles. The molecule has 2 fully saturated rings. The first kappa shape index (κ1) is 12.1. The molecule has 2 aliphatic rings. The molecular formula is C13H22N4O. The fraction of sp³-hybridized carbons (Fsp3) is 0.846. The molecule has 0 amide bonds. The van der Waals surface area contributed by atoms with Crippen LogP contribution in [0.4, 0.5) is 0 Å². The van der Waals surface area contributed by atoms with Crippen molar-refractivity contribution in [2.24, 2.45) is 0 Å². The Hall–Kier alpha value is -0.940. The van der Waals surface area contributed by atoms with Crippen LogP contribution in [-0.4, -0.2) is 52.7 Å². The summed E-state index contributed by atoms with van der Waals surface area (Å²) in [5.41, 5.74) is 0. The lowest BCUT2D eigenvalue weighted by molar-refractivity contribution is 0.0914. The highest BCUT2D eigenvalue weighted by Gasteiger charge is 2.31. The van der Waals surface area contributed by atoms with Crippen molar-refractivity contribution in [3.05, 3.63) is 11.7 Å². The van der Waals surface area contributed by atoms with Gasteiger partial charge in [0.15, 0.2) is 5.82 Å². The van der Waals surface area contributed by atoms with Crippen molar-refractivity contribution in [2.75, 3.05) is 32.7 Å². The van der Waals surface area contributed by atoms with Crippen LogP contribution in [0.2, 0.25) is 0 Å². The summed E-state index contributed by atoms with van der Waals surface area (Å²) in [7, 11) is 0. The third kappa shape index (κ3) is 2.42. The molecule has 0 unspecified atom stereocenters. The van der Waals surface area contributed by atoms with Gasteiger partial charge in [-0.15, -0.1) is 0 Å². The normalized spacial score (nSPS) is 24.3. The molecule has 5 heteroatoms. The Bertz CT molecular complexity index is 393. The molecule has 18 heavy (non-hydrogen) atoms. The zero-order valence-electron chi connectivity index (χ0n) is 11.3. The lowest BCUT2D eigenvalue weighted by Gasteiger charge is -2.36. The van der Waals surface area contributed by atoms with E-state index in [4.69, 9.17) is 4.52 Å². The molecule has 0 N–H and O–H groups in total. The standard InChI is InChI=1S/C13H22N4O/c1-3-16-6-8-17(9-7-16)10(2)13-14-12(15-18-13)11-4-5-11/h10-11H,3-9H2,1-2H3/t10-/m1/s1. The Morgan fingerprint density at radius 2 is 2.00 bits per heavy atom. The van der Waals surface area contributed by atoms with Crippen LogP contribution in [0.3, 0.4) is 0 Å². The van der Waals surface area contributed by atoms with Crippen molar-refractivity contribution in [1.29, 1.82) is 0 Å². The number of likely N-dealkylation sites (N-methyl/N-ethyl adjacent to an activating group) is 1. The van der Waals surface area contributed by atoms with E-state index in [2.05, 4.69) is 33.8 Å². The first-order valence-corrected chi connectivity index (χ1v) is 7.08. The van der Waals surface area contributed by atoms with Crippen molar-refractivity contribution in [3.8, 4) is 0 Å². The average Bonchev–Trinajstić information content (AvgIpc) is 3.16. The van der Waals surface area contributed by atoms with E-state index in [9.17, 15) is 0 Å². The second kappa shape index (κ2) is 4.97. The van der Waals surface area contributed by atoms with E-state index in [0.29, 0.717) is 5.92 Å². The van der Waals surface area contributed by atoms with Crippen LogP contribution in [-0.2, 0) is 0 Å². The van der Waals surface area contributed by atoms with Gasteiger partial charge in [-0.05, 0) is 26.3 Å². The van der Waals surface area contributed by atoms with Crippen LogP contribution in [0.1, 0.15) is 50.4 Å². The molecule has 0 spiro atoms. The monoisotopic (exact) mass is 250 g/mol. The predicted octanol–water partition coefficient (Wildman–Crippen LogP) is 1.65. The highest BCUT2D eigenvalue weighted by molar-refractivity contribution is 5.04. The van der Waals surface area contributed by atoms with Crippen molar-refractivity contribution < 1.29 is 4.52 Å². The minimum atomic E-state index is 0.254. The second-order valence-corrected chi connectivity index (χ2v) is 5.41. The zero-order valence-corrected chi connectivity index (χ0v) is 11.3. The number of rotatable bonds is 4. The summed E-state index contributed by atoms with van der Waals surface area (Å²) >= 11 is 0. The van der Waals surface area contributed by atoms with Crippen LogP contribution in [0, 0.1) is 0 Å². The lowest BCUT2D eigenvalue weighted by Crippen LogP contribution is -2.46. The zero-order chi connectivity index (χ0) is 12.5. The van der Waals surface area contributed by atoms with Gasteiger partial charge in [-0.3, -0.25) is 4.90 Å². The predicted molar refractivity (Wildman–Crippen MR) is 68.4 cm³/mol. The van der Waals surface area contributed by atoms with Crippen molar-refractivity contribution in [3.63, 3.8) is 0 Å². The van der Waals surface area contributed by atoms with Gasteiger partial charge in [0.05, 0.1) is 6.04 Å². The number of hydrogen-bond donors (Lipinski definition) is 0. The molecule has 1 aliphatic heterocycles. The van der Waals surface area contributed by atoms with Gasteiger partial charge >= 0.3 is 0 Å². The maximum atomic E-state index is 5.42. The van der Waals surface area contributed by atoms with E-state index in [0.717, 1.165) is 44.4 Å². The van der Waals surface area contributed by atoms with E-state index >= 15 is 0 Å². The number of aromatic nitrogens is 2. The van der Waals surface area contributed by atoms with Gasteiger partial charge in [-0.2, -0.15) is 4.98 Å². The van der Waals surface area contributed by atoms with E-state index in [-0.39, 0.29) is 6.04 Å². The lowest BCUT2D eigenvalue weighted by atomic mass is 10.2. The van der Waals surface area contributed by atoms with E-state index in [1.807, 2.05) is 0 Å². The molecule has 5 nitrogen and oxygen atoms in total. The van der Waals surface area contributed by atoms with Gasteiger partial charge in [-0.25, -0.2) is 0 Å². The highest BCUT2D eigenvalue weighted by atomic mass is 16.5. The smallest absolute Gasteiger partial charge is 0.243 e. The molecule has 1 aliphatic carbocycles. The van der Waals surface area contributed by atoms with E-state index < -0.39 is 0 Å². The molecule has 1 saturated heterocycles. The number of hydrogen-bond acceptors (Lipinski definition) is 5. The minimum Gasteiger partial charge on any atom is -0.338 e. The Morgan fingerprint density at radius 1 is 1.28 bits per heavy atom. The number of piperazine rings is 1. The molecule has 0 radical (unpaired) electrons. The molecule has 0 aromatic carbocycles. The van der Waals surface area contributed by atoms with Crippen molar-refractivity contribution >= 4 is 0 Å². The Balaban J connectivity index is 1.61. The third-order valence-corrected chi connectivity index (χ3v) is 4.16. The molecule has 2 heterocycles. The number of nitrogens with zero attached hydrogens (tertiary/aromatic N) is 4. The fourth-order valence-electron chi connectivity index (χ4n) is 2.55. The maximum absolute atomic E-state index is 5.42. The fourth-order valence-corrected chi connectivity index (χ4v) is 2.55. The summed E-state index contributed by atoms with van der Waals surface area (Å²) < 4.78 is 5.42. The summed E-state index contributed by atoms with van der Waals surface area (Å²) in [5, 5.41) is 4.10. The van der Waals surface area contributed by atoms with Crippen LogP contribution >= 0.6 is 0 Å². The van der Waals surface area contributed by atoms with Gasteiger partial charge in [-0.1, -0.05) is 12.1 Å². The van der Waals surface area contributed by atoms with Gasteiger partial charge < -0.3 is 9.42 Å². The van der Waals surface area contributed by atoms with Crippen LogP contribution in [0.15, 0.2) is 4.52 Å². The highest BCUT2D eigenvalue weighted by Crippen LogP contribution is 2.38. The summed E-state index contributed by atoms with van der Waals surface area (Å²) in [6, 6.07) is 0.254. The largest absolute Gasteiger partial charge is 0.338 e. The molecule has 3 rings (SSSR count). The summed E-state index contributed by atoms with van der Waals surface area (Å²) in [5.74, 6) is 2.29. The van der Waals surface area contributed by atoms with Gasteiger partial charge in [0.2, 0.25) is 5.89 Å². The van der Waals surface area contributed by atoms with E-state index in [1.165, 1.54) is 12.8 Å². The van der Waals surface area contributed by atoms with Crippen LogP contribution in [0.25, 0.3) is 0 Å². The first-order valence-electron chi connectivity index (χ1n) is 7.08. The first-order chi connectivity index (χ1) is 8.78. The quantitative estimate of drug-likeness (QED) is 0.813. The molecule has 0 bridgehead atoms. The minimum absolute atomic E-state index is 0.254. The Kier molecular flexibility index (Phi) is 3.35. The molecular weight excluding hydrogens is 228 g/mol. The van der Waals surface area contributed by atoms with Crippen LogP contribution in [0.5, 0.6) is 0 Å². The molecule has 1 saturated carbocycles. The van der Waals surface area contributed by atoms with Crippen LogP contribution < -0.4 is 0 Å². The molecule has 1 aromatic rings. The Labute approximate surface area is 108 Å². The van der Waals surface area contributed by atoms with Gasteiger partial charge in [0, 0.05) is 32.1 Å². The SMILES string of the molecule is CCN1CCN([C@H](C)c2nc(C3CC3)no2)CC1. The summed E-state index contributed by atoms with van der Waals surface area (Å²) in [6.07, 6.45) is 2.45. The maximum Gasteiger partial charge on any atom is 0.243 e. The topological polar surface area (TPSA) is 45.4 Å². The summed E-state index contributed by atoms with van der Waals surface area (Å²) in [6.45, 7) is 10.0.